The van der Waals surface area contributed by atoms with E-state index < -0.39 is 0 Å². The Bertz CT molecular complexity index is 737. The van der Waals surface area contributed by atoms with Crippen LogP contribution >= 0.6 is 11.3 Å². The minimum absolute atomic E-state index is 0.309. The van der Waals surface area contributed by atoms with Gasteiger partial charge >= 0.3 is 0 Å². The molecule has 0 aliphatic heterocycles. The third-order valence-corrected chi connectivity index (χ3v) is 4.75. The van der Waals surface area contributed by atoms with E-state index in [0.29, 0.717) is 24.3 Å². The molecule has 1 atom stereocenters. The summed E-state index contributed by atoms with van der Waals surface area (Å²) >= 11 is 1.82. The first-order valence-electron chi connectivity index (χ1n) is 7.14. The average Bonchev–Trinajstić information content (AvgIpc) is 3.16. The van der Waals surface area contributed by atoms with Gasteiger partial charge in [-0.3, -0.25) is 9.88 Å². The van der Waals surface area contributed by atoms with Gasteiger partial charge in [-0.25, -0.2) is 0 Å². The molecule has 114 valence electrons. The van der Waals surface area contributed by atoms with Gasteiger partial charge in [-0.1, -0.05) is 11.2 Å². The Morgan fingerprint density at radius 2 is 2.14 bits per heavy atom. The van der Waals surface area contributed by atoms with Gasteiger partial charge in [0.1, 0.15) is 5.69 Å². The molecule has 6 heteroatoms. The molecule has 3 aromatic heterocycles. The summed E-state index contributed by atoms with van der Waals surface area (Å²) in [7, 11) is 2.06. The summed E-state index contributed by atoms with van der Waals surface area (Å²) in [6, 6.07) is 10.3. The lowest BCUT2D eigenvalue weighted by molar-refractivity contribution is 0.219. The van der Waals surface area contributed by atoms with Gasteiger partial charge < -0.3 is 4.52 Å². The lowest BCUT2D eigenvalue weighted by Crippen LogP contribution is -2.21. The second-order valence-corrected chi connectivity index (χ2v) is 6.59. The average molecular weight is 314 g/mol. The first-order valence-corrected chi connectivity index (χ1v) is 7.95. The van der Waals surface area contributed by atoms with Crippen molar-refractivity contribution in [1.82, 2.24) is 20.0 Å². The summed E-state index contributed by atoms with van der Waals surface area (Å²) in [5.74, 6) is 1.13. The highest BCUT2D eigenvalue weighted by molar-refractivity contribution is 7.12. The van der Waals surface area contributed by atoms with Gasteiger partial charge in [0.25, 0.3) is 0 Å². The molecule has 5 nitrogen and oxygen atoms in total. The van der Waals surface area contributed by atoms with Gasteiger partial charge in [0.2, 0.25) is 11.7 Å². The third-order valence-electron chi connectivity index (χ3n) is 3.58. The van der Waals surface area contributed by atoms with E-state index in [0.717, 1.165) is 5.69 Å². The van der Waals surface area contributed by atoms with Crippen LogP contribution in [0.15, 0.2) is 41.1 Å². The summed E-state index contributed by atoms with van der Waals surface area (Å²) in [6.07, 6.45) is 1.72. The molecule has 0 bridgehead atoms. The molecule has 0 unspecified atom stereocenters. The topological polar surface area (TPSA) is 55.1 Å². The second kappa shape index (κ2) is 6.37. The molecule has 0 fully saturated rings. The first-order chi connectivity index (χ1) is 10.6. The van der Waals surface area contributed by atoms with Crippen LogP contribution in [0.25, 0.3) is 11.5 Å². The molecule has 0 N–H and O–H groups in total. The monoisotopic (exact) mass is 314 g/mol. The van der Waals surface area contributed by atoms with Crippen molar-refractivity contribution in [2.75, 3.05) is 7.05 Å². The van der Waals surface area contributed by atoms with Crippen LogP contribution in [0.3, 0.4) is 0 Å². The summed E-state index contributed by atoms with van der Waals surface area (Å²) in [6.45, 7) is 4.91. The molecule has 3 rings (SSSR count). The Labute approximate surface area is 133 Å². The van der Waals surface area contributed by atoms with Crippen molar-refractivity contribution in [1.29, 1.82) is 0 Å². The normalized spacial score (nSPS) is 12.7. The van der Waals surface area contributed by atoms with Crippen molar-refractivity contribution in [3.63, 3.8) is 0 Å². The molecule has 0 radical (unpaired) electrons. The SMILES string of the molecule is Cc1ccc([C@@H](C)N(C)Cc2nc(-c3ccccn3)no2)s1. The van der Waals surface area contributed by atoms with Gasteiger partial charge in [0.05, 0.1) is 6.54 Å². The van der Waals surface area contributed by atoms with Crippen molar-refractivity contribution in [3.05, 3.63) is 52.2 Å². The maximum atomic E-state index is 5.34. The Morgan fingerprint density at radius 3 is 2.82 bits per heavy atom. The fraction of sp³-hybridized carbons (Fsp3) is 0.312. The van der Waals surface area contributed by atoms with Crippen LogP contribution in [0.2, 0.25) is 0 Å². The largest absolute Gasteiger partial charge is 0.337 e. The van der Waals surface area contributed by atoms with Crippen molar-refractivity contribution in [3.8, 4) is 11.5 Å². The van der Waals surface area contributed by atoms with Crippen LogP contribution in [-0.2, 0) is 6.54 Å². The minimum Gasteiger partial charge on any atom is -0.337 e. The molecular formula is C16H18N4OS. The molecule has 0 aromatic carbocycles. The van der Waals surface area contributed by atoms with Crippen LogP contribution in [0.4, 0.5) is 0 Å². The van der Waals surface area contributed by atoms with Crippen LogP contribution in [0.1, 0.15) is 28.6 Å². The number of hydrogen-bond acceptors (Lipinski definition) is 6. The number of nitrogens with zero attached hydrogens (tertiary/aromatic N) is 4. The van der Waals surface area contributed by atoms with E-state index in [1.54, 1.807) is 6.20 Å². The number of aromatic nitrogens is 3. The summed E-state index contributed by atoms with van der Waals surface area (Å²) in [5.41, 5.74) is 0.724. The van der Waals surface area contributed by atoms with E-state index in [4.69, 9.17) is 4.52 Å². The molecular weight excluding hydrogens is 296 g/mol. The minimum atomic E-state index is 0.309. The zero-order chi connectivity index (χ0) is 15.5. The van der Waals surface area contributed by atoms with E-state index in [1.165, 1.54) is 9.75 Å². The zero-order valence-corrected chi connectivity index (χ0v) is 13.7. The second-order valence-electron chi connectivity index (χ2n) is 5.27. The molecule has 22 heavy (non-hydrogen) atoms. The Kier molecular flexibility index (Phi) is 4.31. The summed E-state index contributed by atoms with van der Waals surface area (Å²) < 4.78 is 5.34. The zero-order valence-electron chi connectivity index (χ0n) is 12.9. The third kappa shape index (κ3) is 3.23. The molecule has 0 aliphatic rings. The van der Waals surface area contributed by atoms with Gasteiger partial charge in [-0.15, -0.1) is 11.3 Å². The van der Waals surface area contributed by atoms with Crippen molar-refractivity contribution >= 4 is 11.3 Å². The highest BCUT2D eigenvalue weighted by Crippen LogP contribution is 2.27. The van der Waals surface area contributed by atoms with Crippen molar-refractivity contribution in [2.24, 2.45) is 0 Å². The fourth-order valence-corrected chi connectivity index (χ4v) is 3.16. The van der Waals surface area contributed by atoms with Gasteiger partial charge in [0, 0.05) is 22.0 Å². The Hall–Kier alpha value is -2.05. The van der Waals surface area contributed by atoms with Gasteiger partial charge in [-0.2, -0.15) is 4.98 Å². The van der Waals surface area contributed by atoms with E-state index in [9.17, 15) is 0 Å². The number of rotatable bonds is 5. The molecule has 3 heterocycles. The lowest BCUT2D eigenvalue weighted by atomic mass is 10.2. The van der Waals surface area contributed by atoms with Crippen molar-refractivity contribution < 1.29 is 4.52 Å². The quantitative estimate of drug-likeness (QED) is 0.719. The van der Waals surface area contributed by atoms with E-state index in [2.05, 4.69) is 53.1 Å². The smallest absolute Gasteiger partial charge is 0.241 e. The molecule has 3 aromatic rings. The predicted octanol–water partition coefficient (Wildman–Crippen LogP) is 3.69. The number of aryl methyl sites for hydroxylation is 1. The van der Waals surface area contributed by atoms with Crippen LogP contribution in [0.5, 0.6) is 0 Å². The van der Waals surface area contributed by atoms with Crippen LogP contribution in [-0.4, -0.2) is 27.1 Å². The summed E-state index contributed by atoms with van der Waals surface area (Å²) in [4.78, 5) is 13.5. The molecule has 0 saturated heterocycles. The number of pyridine rings is 1. The van der Waals surface area contributed by atoms with Crippen LogP contribution in [0, 0.1) is 6.92 Å². The number of hydrogen-bond donors (Lipinski definition) is 0. The number of thiophene rings is 1. The molecule has 0 spiro atoms. The predicted molar refractivity (Wildman–Crippen MR) is 86.5 cm³/mol. The summed E-state index contributed by atoms with van der Waals surface area (Å²) in [5, 5.41) is 4.00. The first kappa shape index (κ1) is 14.9. The van der Waals surface area contributed by atoms with Gasteiger partial charge in [-0.05, 0) is 45.2 Å². The fourth-order valence-electron chi connectivity index (χ4n) is 2.16. The van der Waals surface area contributed by atoms with E-state index in [-0.39, 0.29) is 0 Å². The Morgan fingerprint density at radius 1 is 1.27 bits per heavy atom. The maximum Gasteiger partial charge on any atom is 0.241 e. The van der Waals surface area contributed by atoms with Crippen molar-refractivity contribution in [2.45, 2.75) is 26.4 Å². The highest BCUT2D eigenvalue weighted by Gasteiger charge is 2.17. The van der Waals surface area contributed by atoms with E-state index >= 15 is 0 Å². The maximum absolute atomic E-state index is 5.34. The molecule has 0 saturated carbocycles. The van der Waals surface area contributed by atoms with Gasteiger partial charge in [0.15, 0.2) is 0 Å². The molecule has 0 aliphatic carbocycles. The Balaban J connectivity index is 1.69. The molecule has 0 amide bonds. The van der Waals surface area contributed by atoms with E-state index in [1.807, 2.05) is 29.5 Å². The van der Waals surface area contributed by atoms with Crippen LogP contribution < -0.4 is 0 Å². The highest BCUT2D eigenvalue weighted by atomic mass is 32.1. The lowest BCUT2D eigenvalue weighted by Gasteiger charge is -2.21. The standard InChI is InChI=1S/C16H18N4OS/c1-11-7-8-14(22-11)12(2)20(3)10-15-18-16(19-21-15)13-6-4-5-9-17-13/h4-9,12H,10H2,1-3H3/t12-/m1/s1.